The number of hydroxylamine groups is 1. The predicted octanol–water partition coefficient (Wildman–Crippen LogP) is 1.32. The SMILES string of the molecule is CCC(CO)Oc1nc(-c2cccc(C#N)c2)nc(N)c1C(=O)NOCC1(O)CCC1. The minimum atomic E-state index is -0.936. The van der Waals surface area contributed by atoms with E-state index in [9.17, 15) is 15.0 Å². The summed E-state index contributed by atoms with van der Waals surface area (Å²) in [5, 5.41) is 28.7. The number of ether oxygens (including phenoxy) is 1. The van der Waals surface area contributed by atoms with Gasteiger partial charge in [-0.3, -0.25) is 9.63 Å². The van der Waals surface area contributed by atoms with Gasteiger partial charge in [0.05, 0.1) is 23.8 Å². The molecule has 1 unspecified atom stereocenters. The van der Waals surface area contributed by atoms with Gasteiger partial charge in [-0.15, -0.1) is 0 Å². The first kappa shape index (κ1) is 22.4. The Morgan fingerprint density at radius 1 is 1.42 bits per heavy atom. The van der Waals surface area contributed by atoms with Gasteiger partial charge < -0.3 is 20.7 Å². The number of nitrogen functional groups attached to an aromatic ring is 1. The lowest BCUT2D eigenvalue weighted by Crippen LogP contribution is -2.44. The Morgan fingerprint density at radius 3 is 2.81 bits per heavy atom. The first-order valence-electron chi connectivity index (χ1n) is 9.99. The molecule has 5 N–H and O–H groups in total. The van der Waals surface area contributed by atoms with Crippen LogP contribution in [0.3, 0.4) is 0 Å². The molecule has 1 amide bonds. The number of carbonyl (C=O) groups is 1. The van der Waals surface area contributed by atoms with Gasteiger partial charge in [0, 0.05) is 5.56 Å². The number of amides is 1. The highest BCUT2D eigenvalue weighted by atomic mass is 16.7. The third kappa shape index (κ3) is 5.27. The van der Waals surface area contributed by atoms with Gasteiger partial charge in [0.25, 0.3) is 5.91 Å². The van der Waals surface area contributed by atoms with Gasteiger partial charge in [-0.1, -0.05) is 19.1 Å². The second-order valence-corrected chi connectivity index (χ2v) is 7.43. The van der Waals surface area contributed by atoms with Crippen molar-refractivity contribution in [1.29, 1.82) is 5.26 Å². The smallest absolute Gasteiger partial charge is 0.284 e. The van der Waals surface area contributed by atoms with E-state index in [4.69, 9.17) is 20.6 Å². The van der Waals surface area contributed by atoms with E-state index in [1.165, 1.54) is 0 Å². The summed E-state index contributed by atoms with van der Waals surface area (Å²) in [6, 6.07) is 8.64. The van der Waals surface area contributed by atoms with Crippen LogP contribution in [0.25, 0.3) is 11.4 Å². The number of hydrogen-bond acceptors (Lipinski definition) is 9. The van der Waals surface area contributed by atoms with E-state index in [0.29, 0.717) is 30.4 Å². The van der Waals surface area contributed by atoms with E-state index < -0.39 is 17.6 Å². The van der Waals surface area contributed by atoms with Gasteiger partial charge >= 0.3 is 0 Å². The molecular weight excluding hydrogens is 402 g/mol. The van der Waals surface area contributed by atoms with Crippen molar-refractivity contribution in [3.05, 3.63) is 35.4 Å². The van der Waals surface area contributed by atoms with Gasteiger partial charge in [-0.2, -0.15) is 10.2 Å². The molecule has 1 aromatic carbocycles. The first-order chi connectivity index (χ1) is 14.9. The summed E-state index contributed by atoms with van der Waals surface area (Å²) in [4.78, 5) is 26.4. The molecule has 0 spiro atoms. The Bertz CT molecular complexity index is 983. The zero-order chi connectivity index (χ0) is 22.4. The van der Waals surface area contributed by atoms with Crippen molar-refractivity contribution in [1.82, 2.24) is 15.4 Å². The average molecular weight is 427 g/mol. The van der Waals surface area contributed by atoms with Crippen LogP contribution in [0.4, 0.5) is 5.82 Å². The number of carbonyl (C=O) groups excluding carboxylic acids is 1. The highest BCUT2D eigenvalue weighted by Gasteiger charge is 2.35. The van der Waals surface area contributed by atoms with E-state index >= 15 is 0 Å². The molecule has 1 aliphatic carbocycles. The fourth-order valence-corrected chi connectivity index (χ4v) is 3.04. The maximum Gasteiger partial charge on any atom is 0.284 e. The van der Waals surface area contributed by atoms with Crippen LogP contribution >= 0.6 is 0 Å². The fraction of sp³-hybridized carbons (Fsp3) is 0.429. The molecule has 1 aromatic heterocycles. The third-order valence-electron chi connectivity index (χ3n) is 5.11. The van der Waals surface area contributed by atoms with Crippen LogP contribution in [0.15, 0.2) is 24.3 Å². The molecule has 10 nitrogen and oxygen atoms in total. The summed E-state index contributed by atoms with van der Waals surface area (Å²) in [5.74, 6) is -0.841. The third-order valence-corrected chi connectivity index (χ3v) is 5.11. The van der Waals surface area contributed by atoms with E-state index in [1.54, 1.807) is 24.3 Å². The minimum absolute atomic E-state index is 0.0526. The lowest BCUT2D eigenvalue weighted by molar-refractivity contribution is -0.113. The van der Waals surface area contributed by atoms with Crippen molar-refractivity contribution in [2.45, 2.75) is 44.3 Å². The van der Waals surface area contributed by atoms with Crippen LogP contribution in [0, 0.1) is 11.3 Å². The van der Waals surface area contributed by atoms with Crippen molar-refractivity contribution in [2.75, 3.05) is 18.9 Å². The standard InChI is InChI=1S/C21H25N5O5/c1-2-15(11-27)31-20-16(19(28)26-30-12-21(29)7-4-8-21)17(23)24-18(25-20)14-6-3-5-13(9-14)10-22/h3,5-6,9,15,27,29H,2,4,7-8,11-12H2,1H3,(H,26,28)(H2,23,24,25). The number of nitriles is 1. The molecule has 10 heteroatoms. The molecule has 164 valence electrons. The number of aliphatic hydroxyl groups excluding tert-OH is 1. The molecule has 1 heterocycles. The fourth-order valence-electron chi connectivity index (χ4n) is 3.04. The molecule has 1 saturated carbocycles. The summed E-state index contributed by atoms with van der Waals surface area (Å²) < 4.78 is 5.73. The quantitative estimate of drug-likeness (QED) is 0.432. The van der Waals surface area contributed by atoms with E-state index in [0.717, 1.165) is 6.42 Å². The van der Waals surface area contributed by atoms with E-state index in [-0.39, 0.29) is 36.3 Å². The van der Waals surface area contributed by atoms with Crippen LogP contribution in [0.5, 0.6) is 5.88 Å². The number of rotatable bonds is 9. The highest BCUT2D eigenvalue weighted by Crippen LogP contribution is 2.31. The number of nitrogens with one attached hydrogen (secondary N) is 1. The van der Waals surface area contributed by atoms with Gasteiger partial charge in [-0.05, 0) is 37.8 Å². The van der Waals surface area contributed by atoms with Crippen LogP contribution in [-0.4, -0.2) is 51.0 Å². The molecule has 1 fully saturated rings. The number of nitrogens with two attached hydrogens (primary N) is 1. The van der Waals surface area contributed by atoms with Crippen LogP contribution in [0.2, 0.25) is 0 Å². The minimum Gasteiger partial charge on any atom is -0.471 e. The largest absolute Gasteiger partial charge is 0.471 e. The van der Waals surface area contributed by atoms with Crippen molar-refractivity contribution in [3.63, 3.8) is 0 Å². The van der Waals surface area contributed by atoms with Crippen molar-refractivity contribution in [3.8, 4) is 23.3 Å². The predicted molar refractivity (Wildman–Crippen MR) is 111 cm³/mol. The molecule has 1 aliphatic rings. The lowest BCUT2D eigenvalue weighted by atomic mass is 9.81. The zero-order valence-electron chi connectivity index (χ0n) is 17.2. The maximum atomic E-state index is 12.7. The molecule has 0 aliphatic heterocycles. The van der Waals surface area contributed by atoms with E-state index in [1.807, 2.05) is 13.0 Å². The van der Waals surface area contributed by atoms with Gasteiger partial charge in [0.2, 0.25) is 5.88 Å². The second kappa shape index (κ2) is 9.70. The van der Waals surface area contributed by atoms with Crippen LogP contribution in [-0.2, 0) is 4.84 Å². The van der Waals surface area contributed by atoms with Crippen molar-refractivity contribution < 1.29 is 24.6 Å². The molecule has 0 radical (unpaired) electrons. The normalized spacial score (nSPS) is 15.4. The summed E-state index contributed by atoms with van der Waals surface area (Å²) in [6.45, 7) is 1.47. The first-order valence-corrected chi connectivity index (χ1v) is 9.99. The molecular formula is C21H25N5O5. The van der Waals surface area contributed by atoms with Gasteiger partial charge in [0.1, 0.15) is 24.1 Å². The van der Waals surface area contributed by atoms with Crippen molar-refractivity contribution in [2.24, 2.45) is 0 Å². The Balaban J connectivity index is 1.90. The van der Waals surface area contributed by atoms with Crippen LogP contribution in [0.1, 0.15) is 48.5 Å². The van der Waals surface area contributed by atoms with Gasteiger partial charge in [-0.25, -0.2) is 10.5 Å². The second-order valence-electron chi connectivity index (χ2n) is 7.43. The molecule has 3 rings (SSSR count). The molecule has 0 bridgehead atoms. The Kier molecular flexibility index (Phi) is 7.02. The van der Waals surface area contributed by atoms with E-state index in [2.05, 4.69) is 15.4 Å². The number of aromatic nitrogens is 2. The summed E-state index contributed by atoms with van der Waals surface area (Å²) in [7, 11) is 0. The summed E-state index contributed by atoms with van der Waals surface area (Å²) in [5.41, 5.74) is 8.15. The topological polar surface area (TPSA) is 164 Å². The highest BCUT2D eigenvalue weighted by molar-refractivity contribution is 6.00. The number of aliphatic hydroxyl groups is 2. The molecule has 31 heavy (non-hydrogen) atoms. The number of hydrogen-bond donors (Lipinski definition) is 4. The van der Waals surface area contributed by atoms with Gasteiger partial charge in [0.15, 0.2) is 5.82 Å². The lowest BCUT2D eigenvalue weighted by Gasteiger charge is -2.35. The molecule has 1 atom stereocenters. The Morgan fingerprint density at radius 2 is 2.19 bits per heavy atom. The monoisotopic (exact) mass is 427 g/mol. The summed E-state index contributed by atoms with van der Waals surface area (Å²) in [6.07, 6.45) is 1.96. The molecule has 2 aromatic rings. The zero-order valence-corrected chi connectivity index (χ0v) is 17.2. The molecule has 0 saturated heterocycles. The maximum absolute atomic E-state index is 12.7. The van der Waals surface area contributed by atoms with Crippen LogP contribution < -0.4 is 16.0 Å². The Hall–Kier alpha value is -3.26. The average Bonchev–Trinajstić information content (AvgIpc) is 2.75. The number of anilines is 1. The number of benzene rings is 1. The van der Waals surface area contributed by atoms with Crippen molar-refractivity contribution >= 4 is 11.7 Å². The summed E-state index contributed by atoms with van der Waals surface area (Å²) >= 11 is 0. The Labute approximate surface area is 179 Å². The number of nitrogens with zero attached hydrogens (tertiary/aromatic N) is 3.